The van der Waals surface area contributed by atoms with E-state index < -0.39 is 6.04 Å². The molecule has 0 aromatic heterocycles. The third kappa shape index (κ3) is 3.48. The molecule has 0 radical (unpaired) electrons. The summed E-state index contributed by atoms with van der Waals surface area (Å²) >= 11 is 0. The summed E-state index contributed by atoms with van der Waals surface area (Å²) in [5.41, 5.74) is 5.74. The van der Waals surface area contributed by atoms with Crippen molar-refractivity contribution < 1.29 is 4.79 Å². The molecule has 1 aliphatic carbocycles. The van der Waals surface area contributed by atoms with E-state index in [0.717, 1.165) is 12.5 Å². The van der Waals surface area contributed by atoms with Gasteiger partial charge in [-0.3, -0.25) is 4.79 Å². The fraction of sp³-hybridized carbons (Fsp3) is 0.923. The summed E-state index contributed by atoms with van der Waals surface area (Å²) in [6, 6.07) is -0.413. The monoisotopic (exact) mass is 226 g/mol. The lowest BCUT2D eigenvalue weighted by atomic mass is 9.87. The van der Waals surface area contributed by atoms with Gasteiger partial charge in [0.25, 0.3) is 0 Å². The van der Waals surface area contributed by atoms with Crippen LogP contribution in [-0.2, 0) is 4.79 Å². The van der Waals surface area contributed by atoms with E-state index in [1.807, 2.05) is 20.8 Å². The van der Waals surface area contributed by atoms with E-state index in [9.17, 15) is 4.79 Å². The van der Waals surface area contributed by atoms with Crippen molar-refractivity contribution in [1.82, 2.24) is 5.32 Å². The number of carbonyl (C=O) groups excluding carboxylic acids is 1. The second kappa shape index (κ2) is 5.17. The largest absolute Gasteiger partial charge is 0.354 e. The zero-order valence-electron chi connectivity index (χ0n) is 11.0. The van der Waals surface area contributed by atoms with Crippen LogP contribution in [0.2, 0.25) is 0 Å². The van der Waals surface area contributed by atoms with Crippen LogP contribution in [0.4, 0.5) is 0 Å². The first kappa shape index (κ1) is 13.5. The maximum atomic E-state index is 11.8. The molecule has 1 fully saturated rings. The van der Waals surface area contributed by atoms with Crippen LogP contribution >= 0.6 is 0 Å². The van der Waals surface area contributed by atoms with Gasteiger partial charge in [-0.2, -0.15) is 0 Å². The molecule has 0 heterocycles. The summed E-state index contributed by atoms with van der Waals surface area (Å²) in [6.07, 6.45) is 3.84. The highest BCUT2D eigenvalue weighted by Crippen LogP contribution is 2.30. The number of carbonyl (C=O) groups is 1. The van der Waals surface area contributed by atoms with Crippen molar-refractivity contribution in [3.8, 4) is 0 Å². The van der Waals surface area contributed by atoms with E-state index in [4.69, 9.17) is 5.73 Å². The number of nitrogens with one attached hydrogen (secondary N) is 1. The first-order valence-corrected chi connectivity index (χ1v) is 6.35. The van der Waals surface area contributed by atoms with Crippen LogP contribution in [0.1, 0.15) is 47.0 Å². The van der Waals surface area contributed by atoms with Crippen LogP contribution in [0.3, 0.4) is 0 Å². The zero-order valence-corrected chi connectivity index (χ0v) is 11.0. The van der Waals surface area contributed by atoms with Crippen molar-refractivity contribution in [3.05, 3.63) is 0 Å². The van der Waals surface area contributed by atoms with Crippen molar-refractivity contribution in [2.75, 3.05) is 6.54 Å². The molecule has 2 unspecified atom stereocenters. The van der Waals surface area contributed by atoms with E-state index in [2.05, 4.69) is 12.2 Å². The maximum Gasteiger partial charge on any atom is 0.237 e. The van der Waals surface area contributed by atoms with Gasteiger partial charge >= 0.3 is 0 Å². The van der Waals surface area contributed by atoms with Crippen LogP contribution in [0.5, 0.6) is 0 Å². The van der Waals surface area contributed by atoms with Crippen molar-refractivity contribution >= 4 is 5.91 Å². The summed E-state index contributed by atoms with van der Waals surface area (Å²) < 4.78 is 0. The Labute approximate surface area is 99.2 Å². The average Bonchev–Trinajstić information content (AvgIpc) is 2.58. The fourth-order valence-electron chi connectivity index (χ4n) is 2.26. The predicted molar refractivity (Wildman–Crippen MR) is 66.9 cm³/mol. The van der Waals surface area contributed by atoms with Gasteiger partial charge in [-0.15, -0.1) is 0 Å². The minimum absolute atomic E-state index is 0.00778. The Hall–Kier alpha value is -0.570. The molecule has 3 N–H and O–H groups in total. The molecular formula is C13H26N2O. The summed E-state index contributed by atoms with van der Waals surface area (Å²) in [6.45, 7) is 9.05. The van der Waals surface area contributed by atoms with E-state index in [1.165, 1.54) is 19.3 Å². The third-order valence-corrected chi connectivity index (χ3v) is 3.79. The molecule has 3 nitrogen and oxygen atoms in total. The van der Waals surface area contributed by atoms with E-state index in [1.54, 1.807) is 0 Å². The normalized spacial score (nSPS) is 27.8. The van der Waals surface area contributed by atoms with Gasteiger partial charge in [-0.25, -0.2) is 0 Å². The van der Waals surface area contributed by atoms with Gasteiger partial charge in [-0.1, -0.05) is 40.5 Å². The summed E-state index contributed by atoms with van der Waals surface area (Å²) in [5, 5.41) is 3.00. The summed E-state index contributed by atoms with van der Waals surface area (Å²) in [7, 11) is 0. The highest BCUT2D eigenvalue weighted by atomic mass is 16.2. The predicted octanol–water partition coefficient (Wildman–Crippen LogP) is 1.91. The summed E-state index contributed by atoms with van der Waals surface area (Å²) in [4.78, 5) is 11.8. The lowest BCUT2D eigenvalue weighted by Gasteiger charge is -2.26. The van der Waals surface area contributed by atoms with Crippen molar-refractivity contribution in [2.24, 2.45) is 23.0 Å². The van der Waals surface area contributed by atoms with Gasteiger partial charge in [0.15, 0.2) is 0 Å². The highest BCUT2D eigenvalue weighted by Gasteiger charge is 2.29. The average molecular weight is 226 g/mol. The Kier molecular flexibility index (Phi) is 4.36. The van der Waals surface area contributed by atoms with Gasteiger partial charge in [0, 0.05) is 6.54 Å². The first-order valence-electron chi connectivity index (χ1n) is 6.35. The van der Waals surface area contributed by atoms with Crippen molar-refractivity contribution in [1.29, 1.82) is 0 Å². The van der Waals surface area contributed by atoms with Crippen LogP contribution < -0.4 is 11.1 Å². The molecule has 1 saturated carbocycles. The number of rotatable bonds is 3. The zero-order chi connectivity index (χ0) is 12.3. The van der Waals surface area contributed by atoms with Crippen molar-refractivity contribution in [3.63, 3.8) is 0 Å². The van der Waals surface area contributed by atoms with Crippen LogP contribution in [0.15, 0.2) is 0 Å². The number of hydrogen-bond donors (Lipinski definition) is 2. The van der Waals surface area contributed by atoms with Gasteiger partial charge in [0.05, 0.1) is 6.04 Å². The molecule has 0 saturated heterocycles. The van der Waals surface area contributed by atoms with Gasteiger partial charge in [-0.05, 0) is 23.7 Å². The summed E-state index contributed by atoms with van der Waals surface area (Å²) in [5.74, 6) is 1.38. The molecule has 16 heavy (non-hydrogen) atoms. The third-order valence-electron chi connectivity index (χ3n) is 3.79. The standard InChI is InChI=1S/C13H26N2O/c1-9-6-5-7-10(9)8-15-12(16)11(14)13(2,3)4/h9-11H,5-8,14H2,1-4H3,(H,15,16)/t9?,10?,11-/m0/s1. The SMILES string of the molecule is CC1CCCC1CNC(=O)[C@H](N)C(C)(C)C. The molecule has 1 rings (SSSR count). The number of amides is 1. The Balaban J connectivity index is 2.35. The Bertz CT molecular complexity index is 245. The quantitative estimate of drug-likeness (QED) is 0.772. The van der Waals surface area contributed by atoms with Crippen LogP contribution in [0.25, 0.3) is 0 Å². The minimum Gasteiger partial charge on any atom is -0.354 e. The number of hydrogen-bond acceptors (Lipinski definition) is 2. The van der Waals surface area contributed by atoms with Crippen LogP contribution in [0, 0.1) is 17.3 Å². The smallest absolute Gasteiger partial charge is 0.237 e. The second-order valence-electron chi connectivity index (χ2n) is 6.26. The maximum absolute atomic E-state index is 11.8. The molecule has 0 aromatic carbocycles. The fourth-order valence-corrected chi connectivity index (χ4v) is 2.26. The van der Waals surface area contributed by atoms with Crippen LogP contribution in [-0.4, -0.2) is 18.5 Å². The van der Waals surface area contributed by atoms with Gasteiger partial charge < -0.3 is 11.1 Å². The molecule has 0 spiro atoms. The van der Waals surface area contributed by atoms with E-state index in [-0.39, 0.29) is 11.3 Å². The van der Waals surface area contributed by atoms with Crippen molar-refractivity contribution in [2.45, 2.75) is 53.0 Å². The Morgan fingerprint density at radius 3 is 2.50 bits per heavy atom. The van der Waals surface area contributed by atoms with Gasteiger partial charge in [0.1, 0.15) is 0 Å². The number of nitrogens with two attached hydrogens (primary N) is 1. The lowest BCUT2D eigenvalue weighted by molar-refractivity contribution is -0.124. The molecule has 94 valence electrons. The van der Waals surface area contributed by atoms with E-state index in [0.29, 0.717) is 5.92 Å². The topological polar surface area (TPSA) is 55.1 Å². The first-order chi connectivity index (χ1) is 7.32. The highest BCUT2D eigenvalue weighted by molar-refractivity contribution is 5.82. The van der Waals surface area contributed by atoms with Gasteiger partial charge in [0.2, 0.25) is 5.91 Å². The molecule has 0 bridgehead atoms. The second-order valence-corrected chi connectivity index (χ2v) is 6.26. The molecule has 3 heteroatoms. The molecule has 0 aromatic rings. The minimum atomic E-state index is -0.413. The molecule has 3 atom stereocenters. The lowest BCUT2D eigenvalue weighted by Crippen LogP contribution is -2.49. The molecule has 1 aliphatic rings. The molecule has 1 amide bonds. The molecule has 0 aliphatic heterocycles. The Morgan fingerprint density at radius 1 is 1.44 bits per heavy atom. The Morgan fingerprint density at radius 2 is 2.06 bits per heavy atom. The molecular weight excluding hydrogens is 200 g/mol. The van der Waals surface area contributed by atoms with E-state index >= 15 is 0 Å².